The molecule has 2 atom stereocenters. The van der Waals surface area contributed by atoms with Gasteiger partial charge in [-0.15, -0.1) is 0 Å². The van der Waals surface area contributed by atoms with E-state index in [0.717, 1.165) is 10.0 Å². The molecular weight excluding hydrogens is 503 g/mol. The van der Waals surface area contributed by atoms with E-state index >= 15 is 0 Å². The molecule has 0 spiro atoms. The summed E-state index contributed by atoms with van der Waals surface area (Å²) in [5.74, 6) is -0.316. The van der Waals surface area contributed by atoms with Crippen molar-refractivity contribution < 1.29 is 14.3 Å². The van der Waals surface area contributed by atoms with Gasteiger partial charge < -0.3 is 15.0 Å². The van der Waals surface area contributed by atoms with Crippen LogP contribution in [0, 0.1) is 0 Å². The molecule has 0 radical (unpaired) electrons. The number of hydrogen-bond acceptors (Lipinski definition) is 3. The van der Waals surface area contributed by atoms with E-state index in [-0.39, 0.29) is 24.0 Å². The summed E-state index contributed by atoms with van der Waals surface area (Å²) in [4.78, 5) is 27.2. The van der Waals surface area contributed by atoms with Crippen LogP contribution in [-0.2, 0) is 4.74 Å². The molecule has 0 bridgehead atoms. The molecule has 1 N–H and O–H groups in total. The van der Waals surface area contributed by atoms with E-state index in [1.54, 1.807) is 29.2 Å². The fraction of sp³-hybridized carbons (Fsp3) is 0.391. The summed E-state index contributed by atoms with van der Waals surface area (Å²) in [7, 11) is 0. The van der Waals surface area contributed by atoms with Gasteiger partial charge in [0.15, 0.2) is 0 Å². The van der Waals surface area contributed by atoms with Crippen LogP contribution in [0.15, 0.2) is 46.9 Å². The molecule has 2 aromatic rings. The summed E-state index contributed by atoms with van der Waals surface area (Å²) >= 11 is 15.7. The molecule has 0 aromatic heterocycles. The zero-order valence-corrected chi connectivity index (χ0v) is 20.7. The maximum absolute atomic E-state index is 12.8. The van der Waals surface area contributed by atoms with Crippen LogP contribution in [0.2, 0.25) is 10.0 Å². The lowest BCUT2D eigenvalue weighted by Crippen LogP contribution is -2.52. The van der Waals surface area contributed by atoms with Crippen molar-refractivity contribution in [3.8, 4) is 0 Å². The second kappa shape index (κ2) is 9.80. The lowest BCUT2D eigenvalue weighted by atomic mass is 9.86. The van der Waals surface area contributed by atoms with E-state index in [0.29, 0.717) is 35.1 Å². The summed E-state index contributed by atoms with van der Waals surface area (Å²) in [5.41, 5.74) is 0.900. The van der Waals surface area contributed by atoms with E-state index in [1.165, 1.54) is 0 Å². The Balaban J connectivity index is 1.83. The van der Waals surface area contributed by atoms with Crippen LogP contribution in [0.1, 0.15) is 49.0 Å². The summed E-state index contributed by atoms with van der Waals surface area (Å²) in [5, 5.41) is 4.03. The smallest absolute Gasteiger partial charge is 0.410 e. The van der Waals surface area contributed by atoms with Crippen molar-refractivity contribution in [1.82, 2.24) is 10.2 Å². The van der Waals surface area contributed by atoms with Crippen LogP contribution in [-0.4, -0.2) is 41.6 Å². The monoisotopic (exact) mass is 526 g/mol. The molecule has 5 nitrogen and oxygen atoms in total. The standard InChI is InChI=1S/C23H25BrCl2N2O3/c1-23(2,3)31-22(30)28-11-10-20(27-21(29)14-4-7-16(24)8-5-14)17(13-28)15-6-9-18(25)19(26)12-15/h4-9,12,17,20H,10-11,13H2,1-3H3,(H,27,29)/t17-,20+/m0/s1. The first kappa shape index (κ1) is 23.9. The molecule has 2 amide bonds. The molecule has 1 saturated heterocycles. The number of ether oxygens (including phenoxy) is 1. The average Bonchev–Trinajstić information content (AvgIpc) is 2.69. The Morgan fingerprint density at radius 2 is 1.77 bits per heavy atom. The minimum absolute atomic E-state index is 0.157. The molecule has 8 heteroatoms. The minimum Gasteiger partial charge on any atom is -0.444 e. The first-order valence-electron chi connectivity index (χ1n) is 10.0. The summed E-state index contributed by atoms with van der Waals surface area (Å²) < 4.78 is 6.46. The van der Waals surface area contributed by atoms with Crippen molar-refractivity contribution in [2.45, 2.75) is 44.8 Å². The van der Waals surface area contributed by atoms with Gasteiger partial charge in [-0.3, -0.25) is 4.79 Å². The van der Waals surface area contributed by atoms with Crippen LogP contribution in [0.4, 0.5) is 4.79 Å². The highest BCUT2D eigenvalue weighted by Crippen LogP contribution is 2.32. The van der Waals surface area contributed by atoms with Crippen molar-refractivity contribution >= 4 is 51.1 Å². The topological polar surface area (TPSA) is 58.6 Å². The van der Waals surface area contributed by atoms with Crippen LogP contribution < -0.4 is 5.32 Å². The molecule has 166 valence electrons. The fourth-order valence-corrected chi connectivity index (χ4v) is 4.12. The Hall–Kier alpha value is -1.76. The molecular formula is C23H25BrCl2N2O3. The Morgan fingerprint density at radius 3 is 2.39 bits per heavy atom. The van der Waals surface area contributed by atoms with Gasteiger partial charge in [-0.25, -0.2) is 4.79 Å². The summed E-state index contributed by atoms with van der Waals surface area (Å²) in [6.07, 6.45) is 0.224. The first-order valence-corrected chi connectivity index (χ1v) is 11.6. The van der Waals surface area contributed by atoms with Crippen LogP contribution in [0.5, 0.6) is 0 Å². The maximum Gasteiger partial charge on any atom is 0.410 e. The molecule has 1 aliphatic heterocycles. The van der Waals surface area contributed by atoms with Gasteiger partial charge in [0.2, 0.25) is 0 Å². The first-order chi connectivity index (χ1) is 14.5. The normalized spacial score (nSPS) is 19.1. The third kappa shape index (κ3) is 6.37. The zero-order chi connectivity index (χ0) is 22.8. The molecule has 2 aromatic carbocycles. The van der Waals surface area contributed by atoms with Crippen molar-refractivity contribution in [3.63, 3.8) is 0 Å². The summed E-state index contributed by atoms with van der Waals surface area (Å²) in [6.45, 7) is 6.40. The largest absolute Gasteiger partial charge is 0.444 e. The quantitative estimate of drug-likeness (QED) is 0.511. The SMILES string of the molecule is CC(C)(C)OC(=O)N1CC[C@@H](NC(=O)c2ccc(Br)cc2)[C@H](c2ccc(Cl)c(Cl)c2)C1. The second-order valence-corrected chi connectivity index (χ2v) is 10.3. The lowest BCUT2D eigenvalue weighted by Gasteiger charge is -2.39. The van der Waals surface area contributed by atoms with E-state index in [9.17, 15) is 9.59 Å². The third-order valence-electron chi connectivity index (χ3n) is 5.06. The number of hydrogen-bond donors (Lipinski definition) is 1. The Labute approximate surface area is 201 Å². The Kier molecular flexibility index (Phi) is 7.55. The second-order valence-electron chi connectivity index (χ2n) is 8.58. The predicted molar refractivity (Wildman–Crippen MR) is 127 cm³/mol. The summed E-state index contributed by atoms with van der Waals surface area (Å²) in [6, 6.07) is 12.4. The third-order valence-corrected chi connectivity index (χ3v) is 6.33. The molecule has 3 rings (SSSR count). The molecule has 0 unspecified atom stereocenters. The molecule has 1 aliphatic rings. The number of carbonyl (C=O) groups is 2. The number of nitrogens with zero attached hydrogens (tertiary/aromatic N) is 1. The highest BCUT2D eigenvalue weighted by Gasteiger charge is 2.35. The van der Waals surface area contributed by atoms with Crippen molar-refractivity contribution in [2.75, 3.05) is 13.1 Å². The number of benzene rings is 2. The molecule has 31 heavy (non-hydrogen) atoms. The lowest BCUT2D eigenvalue weighted by molar-refractivity contribution is 0.0177. The number of halogens is 3. The zero-order valence-electron chi connectivity index (χ0n) is 17.6. The highest BCUT2D eigenvalue weighted by molar-refractivity contribution is 9.10. The number of rotatable bonds is 3. The fourth-order valence-electron chi connectivity index (χ4n) is 3.55. The minimum atomic E-state index is -0.581. The van der Waals surface area contributed by atoms with Crippen LogP contribution in [0.3, 0.4) is 0 Å². The van der Waals surface area contributed by atoms with Crippen molar-refractivity contribution in [2.24, 2.45) is 0 Å². The van der Waals surface area contributed by atoms with E-state index < -0.39 is 5.60 Å². The van der Waals surface area contributed by atoms with Crippen molar-refractivity contribution in [3.05, 3.63) is 68.1 Å². The molecule has 1 heterocycles. The van der Waals surface area contributed by atoms with Crippen LogP contribution in [0.25, 0.3) is 0 Å². The molecule has 1 fully saturated rings. The van der Waals surface area contributed by atoms with Gasteiger partial charge in [-0.1, -0.05) is 45.2 Å². The maximum atomic E-state index is 12.8. The molecule has 0 saturated carbocycles. The van der Waals surface area contributed by atoms with Gasteiger partial charge in [0, 0.05) is 35.1 Å². The number of carbonyl (C=O) groups excluding carboxylic acids is 2. The average molecular weight is 528 g/mol. The van der Waals surface area contributed by atoms with E-state index in [1.807, 2.05) is 39.0 Å². The van der Waals surface area contributed by atoms with Crippen molar-refractivity contribution in [1.29, 1.82) is 0 Å². The van der Waals surface area contributed by atoms with Gasteiger partial charge in [0.1, 0.15) is 5.60 Å². The van der Waals surface area contributed by atoms with Gasteiger partial charge in [-0.05, 0) is 69.2 Å². The highest BCUT2D eigenvalue weighted by atomic mass is 79.9. The van der Waals surface area contributed by atoms with Gasteiger partial charge in [0.05, 0.1) is 10.0 Å². The number of piperidine rings is 1. The molecule has 0 aliphatic carbocycles. The Morgan fingerprint density at radius 1 is 1.10 bits per heavy atom. The van der Waals surface area contributed by atoms with Gasteiger partial charge in [-0.2, -0.15) is 0 Å². The van der Waals surface area contributed by atoms with E-state index in [4.69, 9.17) is 27.9 Å². The number of nitrogens with one attached hydrogen (secondary N) is 1. The Bertz CT molecular complexity index is 960. The number of amides is 2. The van der Waals surface area contributed by atoms with Crippen LogP contribution >= 0.6 is 39.1 Å². The number of likely N-dealkylation sites (tertiary alicyclic amines) is 1. The van der Waals surface area contributed by atoms with E-state index in [2.05, 4.69) is 21.2 Å². The predicted octanol–water partition coefficient (Wildman–Crippen LogP) is 6.28. The van der Waals surface area contributed by atoms with Gasteiger partial charge >= 0.3 is 6.09 Å². The van der Waals surface area contributed by atoms with Gasteiger partial charge in [0.25, 0.3) is 5.91 Å².